The molecule has 0 N–H and O–H groups in total. The van der Waals surface area contributed by atoms with Crippen LogP contribution in [0, 0.1) is 18.3 Å². The molecule has 0 spiro atoms. The lowest BCUT2D eigenvalue weighted by atomic mass is 10.1. The van der Waals surface area contributed by atoms with Crippen molar-refractivity contribution in [1.82, 2.24) is 9.88 Å². The molecule has 2 aromatic rings. The second-order valence-corrected chi connectivity index (χ2v) is 7.50. The number of aromatic nitrogens is 1. The lowest BCUT2D eigenvalue weighted by molar-refractivity contribution is -0.131. The van der Waals surface area contributed by atoms with Gasteiger partial charge in [0.05, 0.1) is 16.5 Å². The number of anilines is 1. The summed E-state index contributed by atoms with van der Waals surface area (Å²) in [7, 11) is 0. The van der Waals surface area contributed by atoms with Gasteiger partial charge in [0.15, 0.2) is 5.78 Å². The number of Topliss-reactive ketones (excluding diaryl/α,β-unsaturated/α-hetero) is 1. The molecule has 1 saturated heterocycles. The molecule has 0 atom stereocenters. The number of nitrogens with zero attached hydrogens (tertiary/aromatic N) is 4. The summed E-state index contributed by atoms with van der Waals surface area (Å²) in [5.41, 5.74) is 0.579. The number of aryl methyl sites for hydroxylation is 1. The molecule has 1 aliphatic rings. The smallest absolute Gasteiger partial charge is 0.223 e. The van der Waals surface area contributed by atoms with E-state index in [2.05, 4.69) is 16.0 Å². The molecule has 3 rings (SSSR count). The Bertz CT molecular complexity index is 847. The highest BCUT2D eigenvalue weighted by Crippen LogP contribution is 2.19. The predicted molar refractivity (Wildman–Crippen MR) is 100 cm³/mol. The molecule has 134 valence electrons. The van der Waals surface area contributed by atoms with Gasteiger partial charge >= 0.3 is 0 Å². The Hall–Kier alpha value is -2.72. The molecular weight excluding hydrogens is 348 g/mol. The van der Waals surface area contributed by atoms with E-state index in [1.165, 1.54) is 11.3 Å². The highest BCUT2D eigenvalue weighted by Gasteiger charge is 2.22. The van der Waals surface area contributed by atoms with Crippen molar-refractivity contribution in [2.45, 2.75) is 19.8 Å². The average molecular weight is 368 g/mol. The Labute approximate surface area is 156 Å². The van der Waals surface area contributed by atoms with E-state index in [1.54, 1.807) is 23.2 Å². The number of carbonyl (C=O) groups is 2. The summed E-state index contributed by atoms with van der Waals surface area (Å²) in [6.07, 6.45) is 2.13. The zero-order valence-electron chi connectivity index (χ0n) is 14.6. The number of thiophene rings is 1. The van der Waals surface area contributed by atoms with E-state index in [0.717, 1.165) is 15.6 Å². The van der Waals surface area contributed by atoms with Gasteiger partial charge in [0.1, 0.15) is 5.82 Å². The van der Waals surface area contributed by atoms with Crippen LogP contribution in [-0.2, 0) is 4.79 Å². The summed E-state index contributed by atoms with van der Waals surface area (Å²) in [5.74, 6) is 0.817. The second kappa shape index (κ2) is 8.11. The molecule has 0 bridgehead atoms. The number of piperazine rings is 1. The number of ketones is 1. The molecule has 7 heteroatoms. The van der Waals surface area contributed by atoms with E-state index < -0.39 is 0 Å². The van der Waals surface area contributed by atoms with Crippen molar-refractivity contribution in [2.24, 2.45) is 0 Å². The third kappa shape index (κ3) is 4.27. The average Bonchev–Trinajstić information content (AvgIpc) is 3.12. The number of nitriles is 1. The molecule has 3 heterocycles. The van der Waals surface area contributed by atoms with Crippen LogP contribution in [-0.4, -0.2) is 47.8 Å². The van der Waals surface area contributed by atoms with Crippen LogP contribution in [0.4, 0.5) is 5.82 Å². The van der Waals surface area contributed by atoms with E-state index in [0.29, 0.717) is 31.7 Å². The summed E-state index contributed by atoms with van der Waals surface area (Å²) < 4.78 is 0. The number of rotatable bonds is 5. The van der Waals surface area contributed by atoms with Crippen LogP contribution in [0.5, 0.6) is 0 Å². The van der Waals surface area contributed by atoms with Crippen LogP contribution < -0.4 is 4.90 Å². The standard InChI is InChI=1S/C19H20N4O2S/c1-14-2-4-17(26-14)16(24)3-5-19(25)23-10-8-22(9-11-23)18-12-15(13-20)6-7-21-18/h2,4,6-7,12H,3,5,8-11H2,1H3. The van der Waals surface area contributed by atoms with Crippen LogP contribution in [0.15, 0.2) is 30.5 Å². The molecule has 1 amide bonds. The number of amides is 1. The maximum atomic E-state index is 12.4. The zero-order chi connectivity index (χ0) is 18.5. The first-order valence-electron chi connectivity index (χ1n) is 8.55. The second-order valence-electron chi connectivity index (χ2n) is 6.22. The van der Waals surface area contributed by atoms with Gasteiger partial charge in [-0.15, -0.1) is 11.3 Å². The van der Waals surface area contributed by atoms with E-state index in [-0.39, 0.29) is 24.5 Å². The van der Waals surface area contributed by atoms with Gasteiger partial charge in [0.2, 0.25) is 5.91 Å². The SMILES string of the molecule is Cc1ccc(C(=O)CCC(=O)N2CCN(c3cc(C#N)ccn3)CC2)s1. The summed E-state index contributed by atoms with van der Waals surface area (Å²) in [5, 5.41) is 8.99. The molecule has 1 fully saturated rings. The minimum atomic E-state index is 0.0185. The first kappa shape index (κ1) is 18.1. The number of hydrogen-bond donors (Lipinski definition) is 0. The van der Waals surface area contributed by atoms with Crippen molar-refractivity contribution in [1.29, 1.82) is 5.26 Å². The largest absolute Gasteiger partial charge is 0.353 e. The van der Waals surface area contributed by atoms with Gasteiger partial charge in [-0.3, -0.25) is 9.59 Å². The molecule has 6 nitrogen and oxygen atoms in total. The summed E-state index contributed by atoms with van der Waals surface area (Å²) in [6, 6.07) is 9.30. The Kier molecular flexibility index (Phi) is 5.64. The fourth-order valence-corrected chi connectivity index (χ4v) is 3.77. The first-order valence-corrected chi connectivity index (χ1v) is 9.37. The zero-order valence-corrected chi connectivity index (χ0v) is 15.5. The summed E-state index contributed by atoms with van der Waals surface area (Å²) >= 11 is 1.47. The summed E-state index contributed by atoms with van der Waals surface area (Å²) in [4.78, 5) is 34.5. The molecule has 0 aliphatic carbocycles. The minimum Gasteiger partial charge on any atom is -0.353 e. The fourth-order valence-electron chi connectivity index (χ4n) is 2.93. The summed E-state index contributed by atoms with van der Waals surface area (Å²) in [6.45, 7) is 4.51. The Morgan fingerprint density at radius 2 is 1.96 bits per heavy atom. The maximum Gasteiger partial charge on any atom is 0.223 e. The Balaban J connectivity index is 1.49. The van der Waals surface area contributed by atoms with Crippen LogP contribution in [0.1, 0.15) is 33.0 Å². The molecule has 26 heavy (non-hydrogen) atoms. The van der Waals surface area contributed by atoms with Gasteiger partial charge in [-0.05, 0) is 31.2 Å². The van der Waals surface area contributed by atoms with E-state index in [1.807, 2.05) is 19.1 Å². The Morgan fingerprint density at radius 3 is 2.62 bits per heavy atom. The van der Waals surface area contributed by atoms with Crippen molar-refractivity contribution < 1.29 is 9.59 Å². The van der Waals surface area contributed by atoms with Crippen molar-refractivity contribution in [2.75, 3.05) is 31.1 Å². The van der Waals surface area contributed by atoms with Crippen LogP contribution in [0.2, 0.25) is 0 Å². The van der Waals surface area contributed by atoms with Crippen LogP contribution in [0.25, 0.3) is 0 Å². The van der Waals surface area contributed by atoms with E-state index >= 15 is 0 Å². The third-order valence-corrected chi connectivity index (χ3v) is 5.45. The third-order valence-electron chi connectivity index (χ3n) is 4.41. The first-order chi connectivity index (χ1) is 12.6. The van der Waals surface area contributed by atoms with Crippen molar-refractivity contribution in [3.05, 3.63) is 45.8 Å². The normalized spacial score (nSPS) is 14.2. The van der Waals surface area contributed by atoms with Gasteiger partial charge in [0, 0.05) is 50.1 Å². The molecule has 0 saturated carbocycles. The predicted octanol–water partition coefficient (Wildman–Crippen LogP) is 2.63. The van der Waals surface area contributed by atoms with Crippen molar-refractivity contribution in [3.8, 4) is 6.07 Å². The molecule has 0 aromatic carbocycles. The molecular formula is C19H20N4O2S. The highest BCUT2D eigenvalue weighted by atomic mass is 32.1. The van der Waals surface area contributed by atoms with Gasteiger partial charge in [-0.25, -0.2) is 4.98 Å². The fraction of sp³-hybridized carbons (Fsp3) is 0.368. The van der Waals surface area contributed by atoms with Crippen molar-refractivity contribution >= 4 is 28.8 Å². The lowest BCUT2D eigenvalue weighted by Crippen LogP contribution is -2.49. The maximum absolute atomic E-state index is 12.4. The topological polar surface area (TPSA) is 77.3 Å². The van der Waals surface area contributed by atoms with Gasteiger partial charge in [0.25, 0.3) is 0 Å². The number of carbonyl (C=O) groups excluding carboxylic acids is 2. The van der Waals surface area contributed by atoms with Crippen molar-refractivity contribution in [3.63, 3.8) is 0 Å². The molecule has 2 aromatic heterocycles. The molecule has 0 unspecified atom stereocenters. The van der Waals surface area contributed by atoms with E-state index in [4.69, 9.17) is 5.26 Å². The highest BCUT2D eigenvalue weighted by molar-refractivity contribution is 7.14. The van der Waals surface area contributed by atoms with Crippen LogP contribution in [0.3, 0.4) is 0 Å². The van der Waals surface area contributed by atoms with E-state index in [9.17, 15) is 9.59 Å². The number of hydrogen-bond acceptors (Lipinski definition) is 6. The minimum absolute atomic E-state index is 0.0185. The van der Waals surface area contributed by atoms with Gasteiger partial charge in [-0.2, -0.15) is 5.26 Å². The molecule has 1 aliphatic heterocycles. The quantitative estimate of drug-likeness (QED) is 0.758. The molecule has 0 radical (unpaired) electrons. The Morgan fingerprint density at radius 1 is 1.19 bits per heavy atom. The van der Waals surface area contributed by atoms with Gasteiger partial charge < -0.3 is 9.80 Å². The monoisotopic (exact) mass is 368 g/mol. The van der Waals surface area contributed by atoms with Crippen LogP contribution >= 0.6 is 11.3 Å². The van der Waals surface area contributed by atoms with Gasteiger partial charge in [-0.1, -0.05) is 0 Å². The number of pyridine rings is 1. The lowest BCUT2D eigenvalue weighted by Gasteiger charge is -2.35.